The van der Waals surface area contributed by atoms with Crippen molar-refractivity contribution in [2.24, 2.45) is 5.92 Å². The first-order valence-electron chi connectivity index (χ1n) is 7.30. The van der Waals surface area contributed by atoms with Crippen LogP contribution >= 0.6 is 0 Å². The first-order valence-corrected chi connectivity index (χ1v) is 7.30. The predicted molar refractivity (Wildman–Crippen MR) is 77.6 cm³/mol. The molecule has 21 heavy (non-hydrogen) atoms. The average Bonchev–Trinajstić information content (AvgIpc) is 3.30. The number of aliphatic carboxylic acids is 1. The number of benzene rings is 1. The van der Waals surface area contributed by atoms with Crippen LogP contribution < -0.4 is 5.32 Å². The summed E-state index contributed by atoms with van der Waals surface area (Å²) in [5.41, 5.74) is 1.10. The summed E-state index contributed by atoms with van der Waals surface area (Å²) < 4.78 is 5.49. The summed E-state index contributed by atoms with van der Waals surface area (Å²) in [6.07, 6.45) is 2.66. The highest BCUT2D eigenvalue weighted by molar-refractivity contribution is 5.83. The molecule has 5 nitrogen and oxygen atoms in total. The third kappa shape index (κ3) is 5.55. The SMILES string of the molecule is O=C(CCCOCc1ccccc1)NC(C(=O)O)C1CC1. The molecule has 1 atom stereocenters. The third-order valence-corrected chi connectivity index (χ3v) is 3.48. The van der Waals surface area contributed by atoms with Crippen molar-refractivity contribution in [1.82, 2.24) is 5.32 Å². The molecule has 1 aliphatic carbocycles. The van der Waals surface area contributed by atoms with Crippen LogP contribution in [0.4, 0.5) is 0 Å². The Kier molecular flexibility index (Phi) is 5.75. The number of ether oxygens (including phenoxy) is 1. The summed E-state index contributed by atoms with van der Waals surface area (Å²) in [7, 11) is 0. The standard InChI is InChI=1S/C16H21NO4/c18-14(17-15(16(19)20)13-8-9-13)7-4-10-21-11-12-5-2-1-3-6-12/h1-3,5-6,13,15H,4,7-11H2,(H,17,18)(H,19,20). The number of nitrogens with one attached hydrogen (secondary N) is 1. The molecule has 0 spiro atoms. The maximum atomic E-state index is 11.7. The van der Waals surface area contributed by atoms with E-state index >= 15 is 0 Å². The van der Waals surface area contributed by atoms with Crippen LogP contribution in [0, 0.1) is 5.92 Å². The van der Waals surface area contributed by atoms with Gasteiger partial charge in [-0.1, -0.05) is 30.3 Å². The van der Waals surface area contributed by atoms with Crippen LogP contribution in [-0.2, 0) is 20.9 Å². The molecule has 1 amide bonds. The maximum Gasteiger partial charge on any atom is 0.326 e. The number of carbonyl (C=O) groups excluding carboxylic acids is 1. The summed E-state index contributed by atoms with van der Waals surface area (Å²) in [6, 6.07) is 9.11. The Morgan fingerprint density at radius 1 is 1.29 bits per heavy atom. The normalized spacial score (nSPS) is 15.4. The fraction of sp³-hybridized carbons (Fsp3) is 0.500. The van der Waals surface area contributed by atoms with Crippen molar-refractivity contribution in [3.8, 4) is 0 Å². The first kappa shape index (κ1) is 15.5. The van der Waals surface area contributed by atoms with E-state index in [-0.39, 0.29) is 11.8 Å². The third-order valence-electron chi connectivity index (χ3n) is 3.48. The lowest BCUT2D eigenvalue weighted by Gasteiger charge is -2.13. The van der Waals surface area contributed by atoms with Crippen LogP contribution in [0.5, 0.6) is 0 Å². The number of hydrogen-bond donors (Lipinski definition) is 2. The van der Waals surface area contributed by atoms with Gasteiger partial charge in [-0.05, 0) is 30.7 Å². The van der Waals surface area contributed by atoms with Crippen LogP contribution in [0.1, 0.15) is 31.2 Å². The zero-order valence-corrected chi connectivity index (χ0v) is 12.0. The van der Waals surface area contributed by atoms with Gasteiger partial charge in [-0.3, -0.25) is 4.79 Å². The van der Waals surface area contributed by atoms with Gasteiger partial charge in [0.25, 0.3) is 0 Å². The van der Waals surface area contributed by atoms with E-state index in [1.807, 2.05) is 30.3 Å². The van der Waals surface area contributed by atoms with E-state index in [0.717, 1.165) is 18.4 Å². The van der Waals surface area contributed by atoms with Crippen molar-refractivity contribution in [2.75, 3.05) is 6.61 Å². The monoisotopic (exact) mass is 291 g/mol. The lowest BCUT2D eigenvalue weighted by molar-refractivity contribution is -0.142. The first-order chi connectivity index (χ1) is 10.2. The van der Waals surface area contributed by atoms with Gasteiger partial charge in [0, 0.05) is 13.0 Å². The molecular formula is C16H21NO4. The van der Waals surface area contributed by atoms with Gasteiger partial charge < -0.3 is 15.2 Å². The van der Waals surface area contributed by atoms with Gasteiger partial charge in [0.05, 0.1) is 6.61 Å². The number of carboxylic acids is 1. The Labute approximate surface area is 124 Å². The van der Waals surface area contributed by atoms with Crippen LogP contribution in [0.25, 0.3) is 0 Å². The fourth-order valence-electron chi connectivity index (χ4n) is 2.16. The lowest BCUT2D eigenvalue weighted by atomic mass is 10.2. The van der Waals surface area contributed by atoms with Crippen molar-refractivity contribution in [2.45, 2.75) is 38.3 Å². The molecule has 0 radical (unpaired) electrons. The highest BCUT2D eigenvalue weighted by atomic mass is 16.5. The molecule has 1 aromatic carbocycles. The minimum absolute atomic E-state index is 0.112. The molecule has 0 bridgehead atoms. The second-order valence-electron chi connectivity index (χ2n) is 5.36. The summed E-state index contributed by atoms with van der Waals surface area (Å²) >= 11 is 0. The summed E-state index contributed by atoms with van der Waals surface area (Å²) in [6.45, 7) is 1.02. The summed E-state index contributed by atoms with van der Waals surface area (Å²) in [5.74, 6) is -1.04. The van der Waals surface area contributed by atoms with Crippen molar-refractivity contribution < 1.29 is 19.4 Å². The van der Waals surface area contributed by atoms with Crippen LogP contribution in [0.2, 0.25) is 0 Å². The van der Waals surface area contributed by atoms with E-state index in [4.69, 9.17) is 9.84 Å². The number of rotatable bonds is 9. The Balaban J connectivity index is 1.57. The zero-order chi connectivity index (χ0) is 15.1. The minimum atomic E-state index is -0.939. The van der Waals surface area contributed by atoms with Gasteiger partial charge in [-0.2, -0.15) is 0 Å². The highest BCUT2D eigenvalue weighted by Gasteiger charge is 2.37. The minimum Gasteiger partial charge on any atom is -0.480 e. The Morgan fingerprint density at radius 2 is 2.00 bits per heavy atom. The van der Waals surface area contributed by atoms with E-state index in [2.05, 4.69) is 5.32 Å². The number of carboxylic acid groups (broad SMARTS) is 1. The average molecular weight is 291 g/mol. The van der Waals surface area contributed by atoms with E-state index in [1.54, 1.807) is 0 Å². The smallest absolute Gasteiger partial charge is 0.326 e. The molecule has 5 heteroatoms. The summed E-state index contributed by atoms with van der Waals surface area (Å²) in [4.78, 5) is 22.7. The van der Waals surface area contributed by atoms with Crippen LogP contribution in [0.15, 0.2) is 30.3 Å². The summed E-state index contributed by atoms with van der Waals surface area (Å²) in [5, 5.41) is 11.6. The van der Waals surface area contributed by atoms with Crippen molar-refractivity contribution in [3.63, 3.8) is 0 Å². The molecule has 2 rings (SSSR count). The zero-order valence-electron chi connectivity index (χ0n) is 12.0. The Bertz CT molecular complexity index is 470. The van der Waals surface area contributed by atoms with Gasteiger partial charge >= 0.3 is 5.97 Å². The van der Waals surface area contributed by atoms with E-state index in [9.17, 15) is 9.59 Å². The van der Waals surface area contributed by atoms with Crippen LogP contribution in [0.3, 0.4) is 0 Å². The van der Waals surface area contributed by atoms with Gasteiger partial charge in [-0.25, -0.2) is 4.79 Å². The molecule has 0 saturated heterocycles. The molecule has 1 aromatic rings. The molecule has 1 saturated carbocycles. The Morgan fingerprint density at radius 3 is 2.62 bits per heavy atom. The predicted octanol–water partition coefficient (Wildman–Crippen LogP) is 1.96. The van der Waals surface area contributed by atoms with Crippen LogP contribution in [-0.4, -0.2) is 29.6 Å². The molecule has 2 N–H and O–H groups in total. The maximum absolute atomic E-state index is 11.7. The van der Waals surface area contributed by atoms with Crippen molar-refractivity contribution >= 4 is 11.9 Å². The topological polar surface area (TPSA) is 75.6 Å². The molecule has 1 fully saturated rings. The van der Waals surface area contributed by atoms with E-state index in [0.29, 0.717) is 26.1 Å². The number of hydrogen-bond acceptors (Lipinski definition) is 3. The second kappa shape index (κ2) is 7.78. The van der Waals surface area contributed by atoms with Gasteiger partial charge in [0.15, 0.2) is 0 Å². The Hall–Kier alpha value is -1.88. The molecule has 1 unspecified atom stereocenters. The molecule has 0 heterocycles. The number of carbonyl (C=O) groups is 2. The highest BCUT2D eigenvalue weighted by Crippen LogP contribution is 2.32. The molecule has 114 valence electrons. The molecular weight excluding hydrogens is 270 g/mol. The molecule has 0 aromatic heterocycles. The van der Waals surface area contributed by atoms with Crippen molar-refractivity contribution in [3.05, 3.63) is 35.9 Å². The molecule has 0 aliphatic heterocycles. The largest absolute Gasteiger partial charge is 0.480 e. The fourth-order valence-corrected chi connectivity index (χ4v) is 2.16. The molecule has 1 aliphatic rings. The van der Waals surface area contributed by atoms with Gasteiger partial charge in [0.1, 0.15) is 6.04 Å². The van der Waals surface area contributed by atoms with Crippen molar-refractivity contribution in [1.29, 1.82) is 0 Å². The second-order valence-corrected chi connectivity index (χ2v) is 5.36. The van der Waals surface area contributed by atoms with E-state index in [1.165, 1.54) is 0 Å². The van der Waals surface area contributed by atoms with Gasteiger partial charge in [-0.15, -0.1) is 0 Å². The van der Waals surface area contributed by atoms with Gasteiger partial charge in [0.2, 0.25) is 5.91 Å². The van der Waals surface area contributed by atoms with E-state index < -0.39 is 12.0 Å². The lowest BCUT2D eigenvalue weighted by Crippen LogP contribution is -2.42. The number of amides is 1. The quantitative estimate of drug-likeness (QED) is 0.682.